The van der Waals surface area contributed by atoms with E-state index in [2.05, 4.69) is 4.99 Å². The Morgan fingerprint density at radius 3 is 2.94 bits per heavy atom. The highest BCUT2D eigenvalue weighted by atomic mass is 16.2. The van der Waals surface area contributed by atoms with E-state index < -0.39 is 0 Å². The predicted molar refractivity (Wildman–Crippen MR) is 69.4 cm³/mol. The number of nitrogens with zero attached hydrogens (tertiary/aromatic N) is 2. The largest absolute Gasteiger partial charge is 0.369 e. The number of carbonyl (C=O) groups is 1. The molecule has 0 aliphatic carbocycles. The molecule has 2 N–H and O–H groups in total. The van der Waals surface area contributed by atoms with Gasteiger partial charge in [-0.25, -0.2) is 4.99 Å². The monoisotopic (exact) mass is 228 g/mol. The Hall–Kier alpha value is -1.78. The molecule has 0 spiro atoms. The number of guanidine groups is 1. The summed E-state index contributed by atoms with van der Waals surface area (Å²) in [7, 11) is 3.67. The molecule has 1 radical (unpaired) electrons. The first-order valence-corrected chi connectivity index (χ1v) is 5.61. The van der Waals surface area contributed by atoms with Gasteiger partial charge in [-0.2, -0.15) is 0 Å². The number of amides is 1. The normalized spacial score (nSPS) is 20.1. The third-order valence-electron chi connectivity index (χ3n) is 3.00. The molecular weight excluding hydrogens is 213 g/mol. The Kier molecular flexibility index (Phi) is 3.18. The molecule has 1 aliphatic heterocycles. The zero-order valence-corrected chi connectivity index (χ0v) is 10.1. The number of benzene rings is 1. The molecule has 4 nitrogen and oxygen atoms in total. The van der Waals surface area contributed by atoms with E-state index in [4.69, 9.17) is 5.73 Å². The number of aliphatic imine (C=N–C) groups is 1. The lowest BCUT2D eigenvalue weighted by Crippen LogP contribution is -2.42. The quantitative estimate of drug-likeness (QED) is 0.739. The van der Waals surface area contributed by atoms with E-state index in [1.807, 2.05) is 38.4 Å². The van der Waals surface area contributed by atoms with Crippen molar-refractivity contribution in [2.24, 2.45) is 10.7 Å². The minimum atomic E-state index is -0.154. The second-order valence-electron chi connectivity index (χ2n) is 4.12. The lowest BCUT2D eigenvalue weighted by Gasteiger charge is -2.25. The van der Waals surface area contributed by atoms with Crippen LogP contribution in [0, 0.1) is 0 Å². The lowest BCUT2D eigenvalue weighted by atomic mass is 9.72. The van der Waals surface area contributed by atoms with Crippen molar-refractivity contribution in [2.45, 2.75) is 19.3 Å². The molecule has 0 bridgehead atoms. The third kappa shape index (κ3) is 2.33. The highest BCUT2D eigenvalue weighted by molar-refractivity contribution is 6.51. The van der Waals surface area contributed by atoms with Crippen LogP contribution in [0.25, 0.3) is 0 Å². The van der Waals surface area contributed by atoms with E-state index in [0.717, 1.165) is 11.0 Å². The maximum absolute atomic E-state index is 11.7. The predicted octanol–water partition coefficient (Wildman–Crippen LogP) is 0.282. The van der Waals surface area contributed by atoms with Crippen LogP contribution >= 0.6 is 0 Å². The number of carbonyl (C=O) groups excluding carboxylic acids is 1. The van der Waals surface area contributed by atoms with Crippen LogP contribution in [0.3, 0.4) is 0 Å². The van der Waals surface area contributed by atoms with E-state index in [0.29, 0.717) is 6.42 Å². The van der Waals surface area contributed by atoms with Crippen LogP contribution in [-0.2, 0) is 4.79 Å². The number of nitrogens with two attached hydrogens (primary N) is 1. The molecule has 17 heavy (non-hydrogen) atoms. The average Bonchev–Trinajstić information content (AvgIpc) is 2.35. The SMILES string of the molecule is C[B]c1cccc(C2CC(=O)N(C)C(N)=N2)c1. The summed E-state index contributed by atoms with van der Waals surface area (Å²) in [6.07, 6.45) is 0.379. The van der Waals surface area contributed by atoms with Crippen LogP contribution in [0.2, 0.25) is 6.82 Å². The molecule has 1 amide bonds. The van der Waals surface area contributed by atoms with Gasteiger partial charge in [0.05, 0.1) is 12.5 Å². The maximum atomic E-state index is 11.7. The topological polar surface area (TPSA) is 58.7 Å². The summed E-state index contributed by atoms with van der Waals surface area (Å²) in [6, 6.07) is 7.86. The summed E-state index contributed by atoms with van der Waals surface area (Å²) in [4.78, 5) is 17.4. The summed E-state index contributed by atoms with van der Waals surface area (Å²) in [5.41, 5.74) is 7.87. The summed E-state index contributed by atoms with van der Waals surface area (Å²) < 4.78 is 0. The minimum Gasteiger partial charge on any atom is -0.369 e. The Bertz CT molecular complexity index is 473. The van der Waals surface area contributed by atoms with Crippen molar-refractivity contribution < 1.29 is 4.79 Å². The van der Waals surface area contributed by atoms with Crippen molar-refractivity contribution in [3.8, 4) is 0 Å². The molecule has 1 aromatic carbocycles. The molecule has 0 saturated carbocycles. The summed E-state index contributed by atoms with van der Waals surface area (Å²) in [5.74, 6) is 0.297. The molecule has 1 atom stereocenters. The number of hydrogen-bond donors (Lipinski definition) is 1. The van der Waals surface area contributed by atoms with E-state index in [1.165, 1.54) is 4.90 Å². The second-order valence-corrected chi connectivity index (χ2v) is 4.12. The Labute approximate surface area is 102 Å². The van der Waals surface area contributed by atoms with Crippen molar-refractivity contribution >= 4 is 24.6 Å². The van der Waals surface area contributed by atoms with Crippen LogP contribution in [0.5, 0.6) is 0 Å². The van der Waals surface area contributed by atoms with Gasteiger partial charge in [0.2, 0.25) is 5.91 Å². The van der Waals surface area contributed by atoms with Crippen molar-refractivity contribution in [3.63, 3.8) is 0 Å². The van der Waals surface area contributed by atoms with Crippen molar-refractivity contribution in [2.75, 3.05) is 7.05 Å². The maximum Gasteiger partial charge on any atom is 0.231 e. The molecule has 1 unspecified atom stereocenters. The van der Waals surface area contributed by atoms with E-state index >= 15 is 0 Å². The van der Waals surface area contributed by atoms with E-state index in [9.17, 15) is 4.79 Å². The molecule has 5 heteroatoms. The smallest absolute Gasteiger partial charge is 0.231 e. The van der Waals surface area contributed by atoms with Crippen LogP contribution in [0.15, 0.2) is 29.3 Å². The number of rotatable bonds is 2. The zero-order valence-electron chi connectivity index (χ0n) is 10.1. The van der Waals surface area contributed by atoms with Crippen LogP contribution < -0.4 is 11.2 Å². The van der Waals surface area contributed by atoms with Gasteiger partial charge in [0, 0.05) is 7.05 Å². The van der Waals surface area contributed by atoms with Crippen molar-refractivity contribution in [1.82, 2.24) is 4.90 Å². The molecule has 0 aromatic heterocycles. The first kappa shape index (κ1) is 11.7. The highest BCUT2D eigenvalue weighted by Gasteiger charge is 2.25. The van der Waals surface area contributed by atoms with Gasteiger partial charge in [0.15, 0.2) is 5.96 Å². The van der Waals surface area contributed by atoms with Gasteiger partial charge in [-0.05, 0) is 5.56 Å². The van der Waals surface area contributed by atoms with Crippen LogP contribution in [0.1, 0.15) is 18.0 Å². The first-order valence-electron chi connectivity index (χ1n) is 5.61. The Balaban J connectivity index is 2.31. The van der Waals surface area contributed by atoms with Crippen LogP contribution in [0.4, 0.5) is 0 Å². The highest BCUT2D eigenvalue weighted by Crippen LogP contribution is 2.24. The van der Waals surface area contributed by atoms with Crippen LogP contribution in [-0.4, -0.2) is 31.1 Å². The van der Waals surface area contributed by atoms with Gasteiger partial charge in [-0.3, -0.25) is 9.69 Å². The molecule has 1 aromatic rings. The second kappa shape index (κ2) is 4.61. The van der Waals surface area contributed by atoms with Gasteiger partial charge in [0.1, 0.15) is 7.28 Å². The average molecular weight is 228 g/mol. The molecule has 1 heterocycles. The first-order chi connectivity index (χ1) is 8.11. The van der Waals surface area contributed by atoms with E-state index in [-0.39, 0.29) is 17.9 Å². The fraction of sp³-hybridized carbons (Fsp3) is 0.333. The van der Waals surface area contributed by atoms with Crippen molar-refractivity contribution in [1.29, 1.82) is 0 Å². The summed E-state index contributed by atoms with van der Waals surface area (Å²) in [5, 5.41) is 0. The van der Waals surface area contributed by atoms with Gasteiger partial charge in [-0.1, -0.05) is 36.6 Å². The van der Waals surface area contributed by atoms with Crippen molar-refractivity contribution in [3.05, 3.63) is 29.8 Å². The molecule has 0 fully saturated rings. The molecule has 1 aliphatic rings. The van der Waals surface area contributed by atoms with Gasteiger partial charge in [-0.15, -0.1) is 0 Å². The lowest BCUT2D eigenvalue weighted by molar-refractivity contribution is -0.127. The van der Waals surface area contributed by atoms with Gasteiger partial charge < -0.3 is 5.73 Å². The summed E-state index contributed by atoms with van der Waals surface area (Å²) in [6.45, 7) is 1.98. The summed E-state index contributed by atoms with van der Waals surface area (Å²) >= 11 is 0. The molecule has 0 saturated heterocycles. The fourth-order valence-electron chi connectivity index (χ4n) is 1.86. The third-order valence-corrected chi connectivity index (χ3v) is 3.00. The Morgan fingerprint density at radius 1 is 1.53 bits per heavy atom. The zero-order chi connectivity index (χ0) is 12.4. The van der Waals surface area contributed by atoms with E-state index in [1.54, 1.807) is 7.05 Å². The minimum absolute atomic E-state index is 0.00776. The Morgan fingerprint density at radius 2 is 2.29 bits per heavy atom. The molecule has 87 valence electrons. The van der Waals surface area contributed by atoms with Gasteiger partial charge in [0.25, 0.3) is 0 Å². The molecule has 2 rings (SSSR count). The fourth-order valence-corrected chi connectivity index (χ4v) is 1.86. The number of hydrogen-bond acceptors (Lipinski definition) is 3. The standard InChI is InChI=1S/C12H15BN3O/c1-13-9-5-3-4-8(6-9)10-7-11(17)16(2)12(14)15-10/h3-6,10H,7H2,1-2H3,(H2,14,15). The molecular formula is C12H15BN3O. The van der Waals surface area contributed by atoms with Gasteiger partial charge >= 0.3 is 0 Å².